The van der Waals surface area contributed by atoms with E-state index in [4.69, 9.17) is 10.9 Å². The lowest BCUT2D eigenvalue weighted by molar-refractivity contribution is 0.318. The van der Waals surface area contributed by atoms with Gasteiger partial charge in [0.2, 0.25) is 0 Å². The largest absolute Gasteiger partial charge is 0.409 e. The second-order valence-electron chi connectivity index (χ2n) is 4.25. The quantitative estimate of drug-likeness (QED) is 0.382. The first kappa shape index (κ1) is 12.9. The van der Waals surface area contributed by atoms with Crippen LogP contribution in [0.4, 0.5) is 11.4 Å². The molecule has 1 aromatic heterocycles. The molecule has 3 N–H and O–H groups in total. The van der Waals surface area contributed by atoms with E-state index in [9.17, 15) is 0 Å². The van der Waals surface area contributed by atoms with Crippen LogP contribution in [0.5, 0.6) is 0 Å². The first-order valence-corrected chi connectivity index (χ1v) is 5.87. The smallest absolute Gasteiger partial charge is 0.190 e. The van der Waals surface area contributed by atoms with Crippen molar-refractivity contribution in [3.63, 3.8) is 0 Å². The van der Waals surface area contributed by atoms with Crippen molar-refractivity contribution in [2.24, 2.45) is 10.9 Å². The zero-order chi connectivity index (χ0) is 13.8. The van der Waals surface area contributed by atoms with Gasteiger partial charge in [-0.15, -0.1) is 0 Å². The monoisotopic (exact) mass is 256 g/mol. The van der Waals surface area contributed by atoms with Gasteiger partial charge >= 0.3 is 0 Å². The number of anilines is 2. The maximum absolute atomic E-state index is 8.81. The Morgan fingerprint density at radius 3 is 2.58 bits per heavy atom. The normalized spacial score (nSPS) is 11.4. The molecule has 98 valence electrons. The predicted molar refractivity (Wildman–Crippen MR) is 76.0 cm³/mol. The van der Waals surface area contributed by atoms with Crippen LogP contribution in [-0.4, -0.2) is 23.1 Å². The van der Waals surface area contributed by atoms with E-state index < -0.39 is 0 Å². The third kappa shape index (κ3) is 2.65. The number of hydrogen-bond donors (Lipinski definition) is 2. The Morgan fingerprint density at radius 1 is 1.26 bits per heavy atom. The van der Waals surface area contributed by atoms with E-state index in [2.05, 4.69) is 10.1 Å². The van der Waals surface area contributed by atoms with Crippen LogP contribution in [0.25, 0.3) is 0 Å². The highest BCUT2D eigenvalue weighted by atomic mass is 16.4. The van der Waals surface area contributed by atoms with Gasteiger partial charge in [0.25, 0.3) is 0 Å². The summed E-state index contributed by atoms with van der Waals surface area (Å²) in [7, 11) is 1.91. The van der Waals surface area contributed by atoms with Crippen molar-refractivity contribution < 1.29 is 5.21 Å². The topological polar surface area (TPSA) is 74.7 Å². The molecule has 2 aromatic rings. The van der Waals surface area contributed by atoms with Crippen molar-refractivity contribution in [3.05, 3.63) is 53.9 Å². The number of aromatic nitrogens is 1. The molecule has 0 spiro atoms. The van der Waals surface area contributed by atoms with Crippen molar-refractivity contribution in [3.8, 4) is 0 Å². The van der Waals surface area contributed by atoms with Gasteiger partial charge in [-0.2, -0.15) is 0 Å². The third-order valence-corrected chi connectivity index (χ3v) is 2.92. The fourth-order valence-corrected chi connectivity index (χ4v) is 1.82. The minimum absolute atomic E-state index is 0.00504. The minimum Gasteiger partial charge on any atom is -0.409 e. The Kier molecular flexibility index (Phi) is 3.66. The summed E-state index contributed by atoms with van der Waals surface area (Å²) in [6.45, 7) is 2.04. The number of oxime groups is 1. The van der Waals surface area contributed by atoms with Crippen molar-refractivity contribution in [1.29, 1.82) is 0 Å². The Hall–Kier alpha value is -2.56. The first-order valence-electron chi connectivity index (χ1n) is 5.87. The Balaban J connectivity index is 2.44. The molecular formula is C14H16N4O. The van der Waals surface area contributed by atoms with Crippen LogP contribution < -0.4 is 10.6 Å². The van der Waals surface area contributed by atoms with Crippen molar-refractivity contribution >= 4 is 17.2 Å². The van der Waals surface area contributed by atoms with E-state index in [1.54, 1.807) is 6.20 Å². The van der Waals surface area contributed by atoms with Crippen LogP contribution in [-0.2, 0) is 0 Å². The van der Waals surface area contributed by atoms with E-state index in [0.29, 0.717) is 5.69 Å². The lowest BCUT2D eigenvalue weighted by atomic mass is 10.2. The molecule has 5 nitrogen and oxygen atoms in total. The van der Waals surface area contributed by atoms with E-state index in [0.717, 1.165) is 11.4 Å². The van der Waals surface area contributed by atoms with Gasteiger partial charge in [-0.1, -0.05) is 22.9 Å². The van der Waals surface area contributed by atoms with E-state index in [1.165, 1.54) is 5.56 Å². The number of nitrogens with zero attached hydrogens (tertiary/aromatic N) is 3. The highest BCUT2D eigenvalue weighted by Gasteiger charge is 2.13. The van der Waals surface area contributed by atoms with Crippen LogP contribution in [0.1, 0.15) is 11.3 Å². The molecule has 0 fully saturated rings. The lowest BCUT2D eigenvalue weighted by Crippen LogP contribution is -2.20. The van der Waals surface area contributed by atoms with E-state index >= 15 is 0 Å². The summed E-state index contributed by atoms with van der Waals surface area (Å²) in [6.07, 6.45) is 1.61. The summed E-state index contributed by atoms with van der Waals surface area (Å²) in [6, 6.07) is 11.8. The van der Waals surface area contributed by atoms with Crippen LogP contribution in [0, 0.1) is 6.92 Å². The molecule has 1 aromatic carbocycles. The zero-order valence-corrected chi connectivity index (χ0v) is 10.9. The second kappa shape index (κ2) is 5.39. The summed E-state index contributed by atoms with van der Waals surface area (Å²) in [4.78, 5) is 6.10. The van der Waals surface area contributed by atoms with E-state index in [1.807, 2.05) is 55.3 Å². The summed E-state index contributed by atoms with van der Waals surface area (Å²) in [5.41, 5.74) is 9.08. The molecule has 2 rings (SSSR count). The molecule has 0 aliphatic heterocycles. The molecule has 0 bridgehead atoms. The number of rotatable bonds is 3. The highest BCUT2D eigenvalue weighted by Crippen LogP contribution is 2.25. The summed E-state index contributed by atoms with van der Waals surface area (Å²) >= 11 is 0. The Morgan fingerprint density at radius 2 is 1.95 bits per heavy atom. The molecule has 0 aliphatic rings. The highest BCUT2D eigenvalue weighted by molar-refractivity contribution is 6.00. The average molecular weight is 256 g/mol. The van der Waals surface area contributed by atoms with Crippen LogP contribution >= 0.6 is 0 Å². The molecule has 0 saturated heterocycles. The standard InChI is InChI=1S/C14H16N4O/c1-10-5-7-11(8-6-10)18(2)12-4-3-9-16-13(12)14(15)17-19/h3-9,19H,1-2H3,(H2,15,17). The number of nitrogens with two attached hydrogens (primary N) is 1. The summed E-state index contributed by atoms with van der Waals surface area (Å²) in [5.74, 6) is -0.00504. The van der Waals surface area contributed by atoms with Gasteiger partial charge in [-0.3, -0.25) is 4.98 Å². The van der Waals surface area contributed by atoms with Gasteiger partial charge in [0, 0.05) is 18.9 Å². The van der Waals surface area contributed by atoms with Crippen LogP contribution in [0.3, 0.4) is 0 Å². The molecule has 5 heteroatoms. The van der Waals surface area contributed by atoms with Crippen molar-refractivity contribution in [1.82, 2.24) is 4.98 Å². The number of hydrogen-bond acceptors (Lipinski definition) is 4. The fraction of sp³-hybridized carbons (Fsp3) is 0.143. The van der Waals surface area contributed by atoms with Gasteiger partial charge in [0.1, 0.15) is 5.69 Å². The van der Waals surface area contributed by atoms with Crippen LogP contribution in [0.15, 0.2) is 47.8 Å². The van der Waals surface area contributed by atoms with Gasteiger partial charge in [0.15, 0.2) is 5.84 Å². The SMILES string of the molecule is Cc1ccc(N(C)c2cccnc2/C(N)=N/O)cc1. The van der Waals surface area contributed by atoms with E-state index in [-0.39, 0.29) is 5.84 Å². The number of benzene rings is 1. The first-order chi connectivity index (χ1) is 9.13. The van der Waals surface area contributed by atoms with Crippen molar-refractivity contribution in [2.45, 2.75) is 6.92 Å². The number of aryl methyl sites for hydroxylation is 1. The Labute approximate surface area is 112 Å². The molecule has 19 heavy (non-hydrogen) atoms. The average Bonchev–Trinajstić information content (AvgIpc) is 2.46. The number of amidine groups is 1. The van der Waals surface area contributed by atoms with Gasteiger partial charge < -0.3 is 15.8 Å². The minimum atomic E-state index is -0.00504. The summed E-state index contributed by atoms with van der Waals surface area (Å²) < 4.78 is 0. The molecule has 0 unspecified atom stereocenters. The van der Waals surface area contributed by atoms with Crippen LogP contribution in [0.2, 0.25) is 0 Å². The van der Waals surface area contributed by atoms with Gasteiger partial charge in [-0.05, 0) is 31.2 Å². The zero-order valence-electron chi connectivity index (χ0n) is 10.9. The van der Waals surface area contributed by atoms with Crippen molar-refractivity contribution in [2.75, 3.05) is 11.9 Å². The van der Waals surface area contributed by atoms with Gasteiger partial charge in [-0.25, -0.2) is 0 Å². The molecule has 0 radical (unpaired) electrons. The molecule has 1 heterocycles. The Bertz CT molecular complexity index is 593. The predicted octanol–water partition coefficient (Wildman–Crippen LogP) is 2.25. The second-order valence-corrected chi connectivity index (χ2v) is 4.25. The maximum atomic E-state index is 8.81. The summed E-state index contributed by atoms with van der Waals surface area (Å²) in [5, 5.41) is 11.8. The third-order valence-electron chi connectivity index (χ3n) is 2.92. The van der Waals surface area contributed by atoms with Gasteiger partial charge in [0.05, 0.1) is 5.69 Å². The lowest BCUT2D eigenvalue weighted by Gasteiger charge is -2.21. The molecular weight excluding hydrogens is 240 g/mol. The number of pyridine rings is 1. The molecule has 0 atom stereocenters. The molecule has 0 aliphatic carbocycles. The maximum Gasteiger partial charge on any atom is 0.190 e. The molecule has 0 saturated carbocycles. The molecule has 0 amide bonds. The fourth-order valence-electron chi connectivity index (χ4n) is 1.82.